The first kappa shape index (κ1) is 9.69. The average Bonchev–Trinajstić information content (AvgIpc) is 2.02. The van der Waals surface area contributed by atoms with E-state index < -0.39 is 10.1 Å². The van der Waals surface area contributed by atoms with E-state index in [2.05, 4.69) is 0 Å². The Balaban J connectivity index is 3.34. The van der Waals surface area contributed by atoms with Gasteiger partial charge in [0, 0.05) is 11.3 Å². The van der Waals surface area contributed by atoms with Gasteiger partial charge in [0.1, 0.15) is 0 Å². The molecule has 5 nitrogen and oxygen atoms in total. The van der Waals surface area contributed by atoms with Gasteiger partial charge in [0.15, 0.2) is 6.29 Å². The molecule has 0 heterocycles. The molecule has 6 heteroatoms. The molecule has 0 unspecified atom stereocenters. The molecule has 1 aromatic carbocycles. The second kappa shape index (κ2) is 3.15. The fourth-order valence-corrected chi connectivity index (χ4v) is 1.34. The molecule has 13 heavy (non-hydrogen) atoms. The summed E-state index contributed by atoms with van der Waals surface area (Å²) in [7, 11) is -4.25. The number of benzene rings is 1. The van der Waals surface area contributed by atoms with Gasteiger partial charge < -0.3 is 5.73 Å². The monoisotopic (exact) mass is 201 g/mol. The Morgan fingerprint density at radius 1 is 1.38 bits per heavy atom. The lowest BCUT2D eigenvalue weighted by atomic mass is 10.2. The van der Waals surface area contributed by atoms with Gasteiger partial charge in [0.2, 0.25) is 0 Å². The number of nitrogens with two attached hydrogens (primary N) is 1. The van der Waals surface area contributed by atoms with Crippen LogP contribution in [0.1, 0.15) is 10.4 Å². The largest absolute Gasteiger partial charge is 0.398 e. The van der Waals surface area contributed by atoms with Crippen LogP contribution in [0.25, 0.3) is 0 Å². The standard InChI is InChI=1S/C7H7NO4S/c8-7-3-6(13(10,11)12)2-1-5(7)4-9/h1-4H,8H2,(H,10,11,12). The second-order valence-corrected chi connectivity index (χ2v) is 3.81. The van der Waals surface area contributed by atoms with Crippen LogP contribution in [-0.2, 0) is 10.1 Å². The lowest BCUT2D eigenvalue weighted by Gasteiger charge is -2.00. The van der Waals surface area contributed by atoms with E-state index in [1.807, 2.05) is 0 Å². The second-order valence-electron chi connectivity index (χ2n) is 2.38. The van der Waals surface area contributed by atoms with Crippen LogP contribution in [0.2, 0.25) is 0 Å². The number of nitrogen functional groups attached to an aromatic ring is 1. The maximum absolute atomic E-state index is 10.6. The molecule has 0 bridgehead atoms. The summed E-state index contributed by atoms with van der Waals surface area (Å²) in [5, 5.41) is 0. The van der Waals surface area contributed by atoms with Gasteiger partial charge in [-0.25, -0.2) is 0 Å². The normalized spacial score (nSPS) is 11.2. The smallest absolute Gasteiger partial charge is 0.294 e. The Hall–Kier alpha value is -1.40. The molecule has 1 aromatic rings. The van der Waals surface area contributed by atoms with Crippen LogP contribution >= 0.6 is 0 Å². The van der Waals surface area contributed by atoms with Crippen LogP contribution in [-0.4, -0.2) is 19.3 Å². The fraction of sp³-hybridized carbons (Fsp3) is 0. The summed E-state index contributed by atoms with van der Waals surface area (Å²) in [4.78, 5) is 9.97. The topological polar surface area (TPSA) is 97.5 Å². The minimum absolute atomic E-state index is 0.0186. The van der Waals surface area contributed by atoms with Crippen LogP contribution in [0.4, 0.5) is 5.69 Å². The zero-order valence-corrected chi connectivity index (χ0v) is 7.28. The van der Waals surface area contributed by atoms with Crippen LogP contribution in [0, 0.1) is 0 Å². The van der Waals surface area contributed by atoms with Gasteiger partial charge in [-0.05, 0) is 18.2 Å². The number of aldehydes is 1. The lowest BCUT2D eigenvalue weighted by molar-refractivity contribution is 0.112. The number of hydrogen-bond acceptors (Lipinski definition) is 4. The predicted octanol–water partition coefficient (Wildman–Crippen LogP) is 0.328. The maximum Gasteiger partial charge on any atom is 0.294 e. The van der Waals surface area contributed by atoms with E-state index >= 15 is 0 Å². The molecular formula is C7H7NO4S. The van der Waals surface area contributed by atoms with Crippen molar-refractivity contribution in [1.82, 2.24) is 0 Å². The van der Waals surface area contributed by atoms with Crippen molar-refractivity contribution in [2.24, 2.45) is 0 Å². The summed E-state index contributed by atoms with van der Waals surface area (Å²) in [5.74, 6) is 0. The van der Waals surface area contributed by atoms with E-state index in [1.54, 1.807) is 0 Å². The summed E-state index contributed by atoms with van der Waals surface area (Å²) in [6.45, 7) is 0. The molecule has 0 aliphatic carbocycles. The SMILES string of the molecule is Nc1cc(S(=O)(=O)O)ccc1C=O. The molecular weight excluding hydrogens is 194 g/mol. The molecule has 1 rings (SSSR count). The summed E-state index contributed by atoms with van der Waals surface area (Å²) in [6, 6.07) is 3.36. The Kier molecular flexibility index (Phi) is 2.35. The zero-order chi connectivity index (χ0) is 10.1. The van der Waals surface area contributed by atoms with Crippen LogP contribution in [0.5, 0.6) is 0 Å². The van der Waals surface area contributed by atoms with Gasteiger partial charge >= 0.3 is 0 Å². The van der Waals surface area contributed by atoms with Gasteiger partial charge in [0.05, 0.1) is 4.90 Å². The van der Waals surface area contributed by atoms with E-state index in [-0.39, 0.29) is 16.1 Å². The summed E-state index contributed by atoms with van der Waals surface area (Å²) >= 11 is 0. The Labute approximate surface area is 74.9 Å². The summed E-state index contributed by atoms with van der Waals surface area (Å²) < 4.78 is 29.8. The van der Waals surface area contributed by atoms with Gasteiger partial charge in [-0.2, -0.15) is 8.42 Å². The van der Waals surface area contributed by atoms with E-state index in [0.29, 0.717) is 6.29 Å². The van der Waals surface area contributed by atoms with Crippen LogP contribution < -0.4 is 5.73 Å². The highest BCUT2D eigenvalue weighted by Crippen LogP contribution is 2.15. The first-order chi connectivity index (χ1) is 5.95. The average molecular weight is 201 g/mol. The number of carbonyl (C=O) groups is 1. The van der Waals surface area contributed by atoms with Crippen molar-refractivity contribution in [1.29, 1.82) is 0 Å². The van der Waals surface area contributed by atoms with Crippen molar-refractivity contribution in [2.75, 3.05) is 5.73 Å². The summed E-state index contributed by atoms with van der Waals surface area (Å²) in [6.07, 6.45) is 0.503. The van der Waals surface area contributed by atoms with Crippen molar-refractivity contribution >= 4 is 22.1 Å². The molecule has 0 aliphatic rings. The molecule has 0 amide bonds. The molecule has 0 fully saturated rings. The zero-order valence-electron chi connectivity index (χ0n) is 6.47. The van der Waals surface area contributed by atoms with Gasteiger partial charge in [-0.1, -0.05) is 0 Å². The van der Waals surface area contributed by atoms with E-state index in [0.717, 1.165) is 12.1 Å². The number of hydrogen-bond donors (Lipinski definition) is 2. The molecule has 0 saturated heterocycles. The highest BCUT2D eigenvalue weighted by molar-refractivity contribution is 7.85. The van der Waals surface area contributed by atoms with E-state index in [1.165, 1.54) is 6.07 Å². The van der Waals surface area contributed by atoms with E-state index in [4.69, 9.17) is 10.3 Å². The van der Waals surface area contributed by atoms with Gasteiger partial charge in [-0.3, -0.25) is 9.35 Å². The van der Waals surface area contributed by atoms with Crippen LogP contribution in [0.15, 0.2) is 23.1 Å². The minimum atomic E-state index is -4.25. The molecule has 70 valence electrons. The number of carbonyl (C=O) groups excluding carboxylic acids is 1. The third kappa shape index (κ3) is 2.04. The Morgan fingerprint density at radius 3 is 2.38 bits per heavy atom. The molecule has 0 radical (unpaired) electrons. The quantitative estimate of drug-likeness (QED) is 0.408. The molecule has 0 aromatic heterocycles. The van der Waals surface area contributed by atoms with Crippen LogP contribution in [0.3, 0.4) is 0 Å². The molecule has 3 N–H and O–H groups in total. The number of anilines is 1. The Morgan fingerprint density at radius 2 is 2.00 bits per heavy atom. The maximum atomic E-state index is 10.6. The first-order valence-electron chi connectivity index (χ1n) is 3.27. The van der Waals surface area contributed by atoms with Crippen molar-refractivity contribution in [3.63, 3.8) is 0 Å². The fourth-order valence-electron chi connectivity index (χ4n) is 0.821. The lowest BCUT2D eigenvalue weighted by Crippen LogP contribution is -2.01. The van der Waals surface area contributed by atoms with Crippen molar-refractivity contribution in [3.8, 4) is 0 Å². The van der Waals surface area contributed by atoms with Gasteiger partial charge in [-0.15, -0.1) is 0 Å². The van der Waals surface area contributed by atoms with Gasteiger partial charge in [0.25, 0.3) is 10.1 Å². The first-order valence-corrected chi connectivity index (χ1v) is 4.71. The highest BCUT2D eigenvalue weighted by atomic mass is 32.2. The third-order valence-corrected chi connectivity index (χ3v) is 2.33. The Bertz CT molecular complexity index is 438. The van der Waals surface area contributed by atoms with Crippen molar-refractivity contribution in [3.05, 3.63) is 23.8 Å². The minimum Gasteiger partial charge on any atom is -0.398 e. The van der Waals surface area contributed by atoms with Crippen molar-refractivity contribution in [2.45, 2.75) is 4.90 Å². The molecule has 0 saturated carbocycles. The molecule has 0 atom stereocenters. The third-order valence-electron chi connectivity index (χ3n) is 1.48. The highest BCUT2D eigenvalue weighted by Gasteiger charge is 2.10. The van der Waals surface area contributed by atoms with E-state index in [9.17, 15) is 13.2 Å². The van der Waals surface area contributed by atoms with Crippen molar-refractivity contribution < 1.29 is 17.8 Å². The number of rotatable bonds is 2. The predicted molar refractivity (Wildman–Crippen MR) is 46.1 cm³/mol. The molecule has 0 aliphatic heterocycles. The molecule has 0 spiro atoms. The summed E-state index contributed by atoms with van der Waals surface area (Å²) in [5.41, 5.74) is 5.53.